The van der Waals surface area contributed by atoms with Crippen LogP contribution in [0.25, 0.3) is 0 Å². The van der Waals surface area contributed by atoms with Crippen LogP contribution in [0.2, 0.25) is 0 Å². The normalized spacial score (nSPS) is 12.1. The lowest BCUT2D eigenvalue weighted by Crippen LogP contribution is -2.27. The molecule has 1 N–H and O–H groups in total. The van der Waals surface area contributed by atoms with Crippen molar-refractivity contribution >= 4 is 0 Å². The molecule has 1 heteroatoms. The van der Waals surface area contributed by atoms with Crippen LogP contribution in [0.1, 0.15) is 64.0 Å². The van der Waals surface area contributed by atoms with Crippen molar-refractivity contribution in [2.24, 2.45) is 0 Å². The number of hydrogen-bond acceptors (Lipinski definition) is 1. The van der Waals surface area contributed by atoms with Crippen LogP contribution in [0.4, 0.5) is 0 Å². The van der Waals surface area contributed by atoms with Gasteiger partial charge in [-0.25, -0.2) is 0 Å². The van der Waals surface area contributed by atoms with E-state index in [9.17, 15) is 5.11 Å². The van der Waals surface area contributed by atoms with Crippen LogP contribution in [0.3, 0.4) is 0 Å². The first kappa shape index (κ1) is 14.2. The molecule has 0 aliphatic carbocycles. The van der Waals surface area contributed by atoms with Crippen LogP contribution in [0.5, 0.6) is 0 Å². The van der Waals surface area contributed by atoms with Gasteiger partial charge in [0, 0.05) is 0 Å². The molecule has 0 aliphatic rings. The van der Waals surface area contributed by atoms with Crippen molar-refractivity contribution in [1.29, 1.82) is 0 Å². The lowest BCUT2D eigenvalue weighted by molar-refractivity contribution is 0.0239. The molecule has 0 radical (unpaired) electrons. The van der Waals surface area contributed by atoms with Gasteiger partial charge in [0.2, 0.25) is 0 Å². The molecule has 96 valence electrons. The molecule has 0 bridgehead atoms. The summed E-state index contributed by atoms with van der Waals surface area (Å²) in [5, 5.41) is 10.2. The minimum Gasteiger partial charge on any atom is -0.390 e. The Hall–Kier alpha value is -0.820. The Morgan fingerprint density at radius 2 is 1.59 bits per heavy atom. The highest BCUT2D eigenvalue weighted by molar-refractivity contribution is 5.24. The minimum atomic E-state index is -0.475. The van der Waals surface area contributed by atoms with Gasteiger partial charge in [0.15, 0.2) is 0 Å². The fourth-order valence-electron chi connectivity index (χ4n) is 2.05. The molecule has 0 aromatic heterocycles. The van der Waals surface area contributed by atoms with Crippen LogP contribution >= 0.6 is 0 Å². The summed E-state index contributed by atoms with van der Waals surface area (Å²) in [7, 11) is 0. The number of aliphatic hydroxyl groups is 1. The smallest absolute Gasteiger partial charge is 0.0645 e. The number of rotatable bonds is 6. The highest BCUT2D eigenvalue weighted by atomic mass is 16.3. The number of aryl methyl sites for hydroxylation is 1. The first-order valence-corrected chi connectivity index (χ1v) is 6.82. The third-order valence-corrected chi connectivity index (χ3v) is 3.84. The second kappa shape index (κ2) is 6.20. The van der Waals surface area contributed by atoms with Gasteiger partial charge in [0.05, 0.1) is 5.60 Å². The van der Waals surface area contributed by atoms with E-state index in [1.54, 1.807) is 0 Å². The molecule has 0 saturated carbocycles. The van der Waals surface area contributed by atoms with Crippen molar-refractivity contribution in [3.05, 3.63) is 35.4 Å². The second-order valence-corrected chi connectivity index (χ2v) is 5.33. The van der Waals surface area contributed by atoms with E-state index >= 15 is 0 Å². The van der Waals surface area contributed by atoms with E-state index < -0.39 is 5.60 Å². The molecule has 0 spiro atoms. The van der Waals surface area contributed by atoms with Crippen molar-refractivity contribution in [2.75, 3.05) is 0 Å². The summed E-state index contributed by atoms with van der Waals surface area (Å²) in [5.41, 5.74) is 2.24. The summed E-state index contributed by atoms with van der Waals surface area (Å²) in [5.74, 6) is 0.590. The van der Waals surface area contributed by atoms with E-state index in [0.717, 1.165) is 25.7 Å². The van der Waals surface area contributed by atoms with Gasteiger partial charge in [-0.05, 0) is 42.7 Å². The predicted octanol–water partition coefficient (Wildman–Crippen LogP) is 4.29. The summed E-state index contributed by atoms with van der Waals surface area (Å²) in [6.45, 7) is 8.54. The molecule has 1 rings (SSSR count). The van der Waals surface area contributed by atoms with Crippen molar-refractivity contribution in [2.45, 2.75) is 64.9 Å². The summed E-state index contributed by atoms with van der Waals surface area (Å²) in [6.07, 6.45) is 3.51. The highest BCUT2D eigenvalue weighted by Crippen LogP contribution is 2.22. The van der Waals surface area contributed by atoms with Gasteiger partial charge >= 0.3 is 0 Å². The molecule has 17 heavy (non-hydrogen) atoms. The van der Waals surface area contributed by atoms with Crippen LogP contribution in [0.15, 0.2) is 24.3 Å². The maximum Gasteiger partial charge on any atom is 0.0645 e. The van der Waals surface area contributed by atoms with E-state index in [1.807, 2.05) is 0 Å². The number of benzene rings is 1. The van der Waals surface area contributed by atoms with Crippen LogP contribution in [-0.2, 0) is 6.42 Å². The molecule has 0 aliphatic heterocycles. The van der Waals surface area contributed by atoms with Crippen molar-refractivity contribution < 1.29 is 5.11 Å². The van der Waals surface area contributed by atoms with Gasteiger partial charge in [0.25, 0.3) is 0 Å². The lowest BCUT2D eigenvalue weighted by atomic mass is 9.89. The third kappa shape index (κ3) is 4.16. The Balaban J connectivity index is 2.58. The third-order valence-electron chi connectivity index (χ3n) is 3.84. The molecular weight excluding hydrogens is 208 g/mol. The molecule has 0 heterocycles. The fraction of sp³-hybridized carbons (Fsp3) is 0.625. The van der Waals surface area contributed by atoms with Gasteiger partial charge in [-0.1, -0.05) is 52.0 Å². The van der Waals surface area contributed by atoms with Crippen LogP contribution < -0.4 is 0 Å². The standard InChI is InChI=1S/C16H26O/c1-5-16(17,6-2)12-11-14-7-9-15(10-8-14)13(3)4/h7-10,13,17H,5-6,11-12H2,1-4H3. The Morgan fingerprint density at radius 3 is 2.00 bits per heavy atom. The molecule has 1 nitrogen and oxygen atoms in total. The fourth-order valence-corrected chi connectivity index (χ4v) is 2.05. The lowest BCUT2D eigenvalue weighted by Gasteiger charge is -2.25. The van der Waals surface area contributed by atoms with Crippen molar-refractivity contribution in [3.8, 4) is 0 Å². The molecule has 0 fully saturated rings. The highest BCUT2D eigenvalue weighted by Gasteiger charge is 2.21. The zero-order chi connectivity index (χ0) is 12.9. The average molecular weight is 234 g/mol. The first-order chi connectivity index (χ1) is 8.00. The minimum absolute atomic E-state index is 0.475. The maximum atomic E-state index is 10.2. The SMILES string of the molecule is CCC(O)(CC)CCc1ccc(C(C)C)cc1. The van der Waals surface area contributed by atoms with Crippen LogP contribution in [-0.4, -0.2) is 10.7 Å². The van der Waals surface area contributed by atoms with Gasteiger partial charge < -0.3 is 5.11 Å². The molecule has 1 aromatic carbocycles. The van der Waals surface area contributed by atoms with Crippen molar-refractivity contribution in [1.82, 2.24) is 0 Å². The van der Waals surface area contributed by atoms with Crippen LogP contribution in [0, 0.1) is 0 Å². The van der Waals surface area contributed by atoms with Gasteiger partial charge in [-0.2, -0.15) is 0 Å². The molecule has 0 atom stereocenters. The topological polar surface area (TPSA) is 20.2 Å². The van der Waals surface area contributed by atoms with E-state index in [1.165, 1.54) is 11.1 Å². The quantitative estimate of drug-likeness (QED) is 0.778. The first-order valence-electron chi connectivity index (χ1n) is 6.82. The molecule has 0 saturated heterocycles. The average Bonchev–Trinajstić information content (AvgIpc) is 2.36. The summed E-state index contributed by atoms with van der Waals surface area (Å²) < 4.78 is 0. The zero-order valence-corrected chi connectivity index (χ0v) is 11.7. The Kier molecular flexibility index (Phi) is 5.20. The largest absolute Gasteiger partial charge is 0.390 e. The summed E-state index contributed by atoms with van der Waals surface area (Å²) >= 11 is 0. The summed E-state index contributed by atoms with van der Waals surface area (Å²) in [6, 6.07) is 8.80. The molecule has 0 amide bonds. The molecular formula is C16H26O. The van der Waals surface area contributed by atoms with E-state index in [-0.39, 0.29) is 0 Å². The van der Waals surface area contributed by atoms with Gasteiger partial charge in [-0.15, -0.1) is 0 Å². The van der Waals surface area contributed by atoms with E-state index in [4.69, 9.17) is 0 Å². The second-order valence-electron chi connectivity index (χ2n) is 5.33. The zero-order valence-electron chi connectivity index (χ0n) is 11.7. The van der Waals surface area contributed by atoms with Gasteiger partial charge in [0.1, 0.15) is 0 Å². The monoisotopic (exact) mass is 234 g/mol. The predicted molar refractivity (Wildman–Crippen MR) is 74.4 cm³/mol. The van der Waals surface area contributed by atoms with Crippen molar-refractivity contribution in [3.63, 3.8) is 0 Å². The molecule has 0 unspecified atom stereocenters. The summed E-state index contributed by atoms with van der Waals surface area (Å²) in [4.78, 5) is 0. The Bertz CT molecular complexity index is 320. The Morgan fingerprint density at radius 1 is 1.06 bits per heavy atom. The maximum absolute atomic E-state index is 10.2. The van der Waals surface area contributed by atoms with E-state index in [0.29, 0.717) is 5.92 Å². The van der Waals surface area contributed by atoms with E-state index in [2.05, 4.69) is 52.0 Å². The molecule has 1 aromatic rings. The van der Waals surface area contributed by atoms with Gasteiger partial charge in [-0.3, -0.25) is 0 Å². The number of hydrogen-bond donors (Lipinski definition) is 1. The Labute approximate surface area is 106 Å².